The Kier molecular flexibility index (Phi) is 4.39. The second-order valence-corrected chi connectivity index (χ2v) is 4.60. The fraction of sp³-hybridized carbons (Fsp3) is 0.909. The summed E-state index contributed by atoms with van der Waals surface area (Å²) in [5, 5.41) is 3.19. The molecule has 82 valence electrons. The zero-order chi connectivity index (χ0) is 10.6. The van der Waals surface area contributed by atoms with Gasteiger partial charge in [-0.05, 0) is 31.7 Å². The van der Waals surface area contributed by atoms with Gasteiger partial charge in [-0.15, -0.1) is 0 Å². The van der Waals surface area contributed by atoms with Crippen molar-refractivity contribution in [3.63, 3.8) is 0 Å². The van der Waals surface area contributed by atoms with Crippen LogP contribution in [0, 0.1) is 5.92 Å². The lowest BCUT2D eigenvalue weighted by Gasteiger charge is -2.16. The molecule has 14 heavy (non-hydrogen) atoms. The fourth-order valence-electron chi connectivity index (χ4n) is 1.38. The first-order valence-electron chi connectivity index (χ1n) is 5.57. The minimum atomic E-state index is 0.233. The summed E-state index contributed by atoms with van der Waals surface area (Å²) in [5.74, 6) is 0.940. The number of nitrogens with zero attached hydrogens (tertiary/aromatic N) is 1. The van der Waals surface area contributed by atoms with Gasteiger partial charge >= 0.3 is 0 Å². The number of hydrogen-bond acceptors (Lipinski definition) is 2. The van der Waals surface area contributed by atoms with Crippen LogP contribution < -0.4 is 5.32 Å². The van der Waals surface area contributed by atoms with E-state index >= 15 is 0 Å². The highest BCUT2D eigenvalue weighted by Gasteiger charge is 2.28. The van der Waals surface area contributed by atoms with Gasteiger partial charge in [0.05, 0.1) is 6.54 Å². The van der Waals surface area contributed by atoms with Gasteiger partial charge in [-0.2, -0.15) is 0 Å². The normalized spacial score (nSPS) is 16.0. The van der Waals surface area contributed by atoms with Gasteiger partial charge in [-0.25, -0.2) is 0 Å². The zero-order valence-corrected chi connectivity index (χ0v) is 9.55. The number of hydrogen-bond donors (Lipinski definition) is 1. The number of rotatable bonds is 6. The maximum atomic E-state index is 11.5. The molecule has 0 spiro atoms. The van der Waals surface area contributed by atoms with Gasteiger partial charge in [0.1, 0.15) is 0 Å². The average molecular weight is 198 g/mol. The van der Waals surface area contributed by atoms with Gasteiger partial charge in [0.25, 0.3) is 0 Å². The summed E-state index contributed by atoms with van der Waals surface area (Å²) >= 11 is 0. The maximum absolute atomic E-state index is 11.5. The van der Waals surface area contributed by atoms with E-state index in [2.05, 4.69) is 19.2 Å². The van der Waals surface area contributed by atoms with E-state index in [-0.39, 0.29) is 5.91 Å². The Labute approximate surface area is 86.9 Å². The van der Waals surface area contributed by atoms with Gasteiger partial charge < -0.3 is 10.2 Å². The molecule has 3 heteroatoms. The lowest BCUT2D eigenvalue weighted by atomic mass is 10.1. The molecule has 0 atom stereocenters. The van der Waals surface area contributed by atoms with Gasteiger partial charge in [0.15, 0.2) is 0 Å². The topological polar surface area (TPSA) is 32.3 Å². The van der Waals surface area contributed by atoms with Crippen LogP contribution in [0.4, 0.5) is 0 Å². The standard InChI is InChI=1S/C11H22N2O/c1-9(2)6-7-12-8-11(14)13(3)10-4-5-10/h9-10,12H,4-8H2,1-3H3. The van der Waals surface area contributed by atoms with Crippen molar-refractivity contribution in [3.8, 4) is 0 Å². The second kappa shape index (κ2) is 5.35. The molecule has 0 unspecified atom stereocenters. The van der Waals surface area contributed by atoms with E-state index in [1.165, 1.54) is 12.8 Å². The molecule has 0 aliphatic heterocycles. The Bertz CT molecular complexity index is 188. The highest BCUT2D eigenvalue weighted by molar-refractivity contribution is 5.78. The lowest BCUT2D eigenvalue weighted by Crippen LogP contribution is -2.37. The van der Waals surface area contributed by atoms with E-state index < -0.39 is 0 Å². The van der Waals surface area contributed by atoms with Crippen molar-refractivity contribution in [2.45, 2.75) is 39.2 Å². The quantitative estimate of drug-likeness (QED) is 0.651. The van der Waals surface area contributed by atoms with Gasteiger partial charge in [-0.1, -0.05) is 13.8 Å². The summed E-state index contributed by atoms with van der Waals surface area (Å²) < 4.78 is 0. The van der Waals surface area contributed by atoms with Crippen LogP contribution in [0.3, 0.4) is 0 Å². The first-order chi connectivity index (χ1) is 6.61. The van der Waals surface area contributed by atoms with Crippen LogP contribution in [0.25, 0.3) is 0 Å². The first-order valence-corrected chi connectivity index (χ1v) is 5.57. The zero-order valence-electron chi connectivity index (χ0n) is 9.55. The minimum absolute atomic E-state index is 0.233. The Morgan fingerprint density at radius 1 is 1.50 bits per heavy atom. The molecule has 1 aliphatic rings. The van der Waals surface area contributed by atoms with Crippen molar-refractivity contribution in [1.29, 1.82) is 0 Å². The van der Waals surface area contributed by atoms with Crippen LogP contribution in [-0.4, -0.2) is 37.0 Å². The summed E-state index contributed by atoms with van der Waals surface area (Å²) in [6.07, 6.45) is 3.52. The van der Waals surface area contributed by atoms with E-state index in [1.807, 2.05) is 11.9 Å². The molecule has 3 nitrogen and oxygen atoms in total. The molecular weight excluding hydrogens is 176 g/mol. The van der Waals surface area contributed by atoms with E-state index in [0.717, 1.165) is 13.0 Å². The average Bonchev–Trinajstić information content (AvgIpc) is 2.93. The Balaban J connectivity index is 2.02. The van der Waals surface area contributed by atoms with Crippen molar-refractivity contribution in [1.82, 2.24) is 10.2 Å². The summed E-state index contributed by atoms with van der Waals surface area (Å²) in [5.41, 5.74) is 0. The van der Waals surface area contributed by atoms with Crippen molar-refractivity contribution in [3.05, 3.63) is 0 Å². The third-order valence-electron chi connectivity index (χ3n) is 2.66. The van der Waals surface area contributed by atoms with Crippen LogP contribution in [0.15, 0.2) is 0 Å². The third kappa shape index (κ3) is 4.09. The van der Waals surface area contributed by atoms with E-state index in [4.69, 9.17) is 0 Å². The molecule has 0 aromatic heterocycles. The van der Waals surface area contributed by atoms with E-state index in [1.54, 1.807) is 0 Å². The highest BCUT2D eigenvalue weighted by Crippen LogP contribution is 2.24. The van der Waals surface area contributed by atoms with Crippen molar-refractivity contribution < 1.29 is 4.79 Å². The molecule has 0 aromatic rings. The molecule has 1 amide bonds. The van der Waals surface area contributed by atoms with Crippen molar-refractivity contribution in [2.75, 3.05) is 20.1 Å². The Morgan fingerprint density at radius 3 is 2.64 bits per heavy atom. The van der Waals surface area contributed by atoms with Crippen LogP contribution in [0.2, 0.25) is 0 Å². The number of amides is 1. The molecule has 1 N–H and O–H groups in total. The summed E-state index contributed by atoms with van der Waals surface area (Å²) in [7, 11) is 1.91. The molecule has 1 fully saturated rings. The number of carbonyl (C=O) groups excluding carboxylic acids is 1. The molecule has 0 aromatic carbocycles. The van der Waals surface area contributed by atoms with Gasteiger partial charge in [0.2, 0.25) is 5.91 Å². The number of nitrogens with one attached hydrogen (secondary N) is 1. The maximum Gasteiger partial charge on any atom is 0.236 e. The van der Waals surface area contributed by atoms with E-state index in [0.29, 0.717) is 18.5 Å². The molecule has 0 heterocycles. The SMILES string of the molecule is CC(C)CCNCC(=O)N(C)C1CC1. The smallest absolute Gasteiger partial charge is 0.236 e. The molecule has 0 radical (unpaired) electrons. The minimum Gasteiger partial charge on any atom is -0.342 e. The first kappa shape index (κ1) is 11.5. The molecule has 1 aliphatic carbocycles. The third-order valence-corrected chi connectivity index (χ3v) is 2.66. The van der Waals surface area contributed by atoms with Crippen molar-refractivity contribution >= 4 is 5.91 Å². The lowest BCUT2D eigenvalue weighted by molar-refractivity contribution is -0.129. The Morgan fingerprint density at radius 2 is 2.14 bits per heavy atom. The molecule has 1 rings (SSSR count). The van der Waals surface area contributed by atoms with Crippen LogP contribution in [0.5, 0.6) is 0 Å². The predicted molar refractivity (Wildman–Crippen MR) is 58.1 cm³/mol. The summed E-state index contributed by atoms with van der Waals surface area (Å²) in [6, 6.07) is 0.536. The van der Waals surface area contributed by atoms with Crippen LogP contribution in [-0.2, 0) is 4.79 Å². The second-order valence-electron chi connectivity index (χ2n) is 4.60. The summed E-state index contributed by atoms with van der Waals surface area (Å²) in [4.78, 5) is 13.4. The van der Waals surface area contributed by atoms with Gasteiger partial charge in [0, 0.05) is 13.1 Å². The molecule has 1 saturated carbocycles. The number of carbonyl (C=O) groups is 1. The van der Waals surface area contributed by atoms with Crippen LogP contribution >= 0.6 is 0 Å². The monoisotopic (exact) mass is 198 g/mol. The molecule has 0 saturated heterocycles. The summed E-state index contributed by atoms with van der Waals surface area (Å²) in [6.45, 7) is 5.83. The van der Waals surface area contributed by atoms with Crippen molar-refractivity contribution in [2.24, 2.45) is 5.92 Å². The fourth-order valence-corrected chi connectivity index (χ4v) is 1.38. The van der Waals surface area contributed by atoms with E-state index in [9.17, 15) is 4.79 Å². The van der Waals surface area contributed by atoms with Crippen LogP contribution in [0.1, 0.15) is 33.1 Å². The highest BCUT2D eigenvalue weighted by atomic mass is 16.2. The largest absolute Gasteiger partial charge is 0.342 e. The molecule has 0 bridgehead atoms. The number of likely N-dealkylation sites (N-methyl/N-ethyl adjacent to an activating group) is 1. The molecular formula is C11H22N2O. The van der Waals surface area contributed by atoms with Gasteiger partial charge in [-0.3, -0.25) is 4.79 Å². The Hall–Kier alpha value is -0.570. The predicted octanol–water partition coefficient (Wildman–Crippen LogP) is 1.24.